The maximum atomic E-state index is 13.0. The van der Waals surface area contributed by atoms with Crippen LogP contribution in [0.25, 0.3) is 11.0 Å². The Morgan fingerprint density at radius 3 is 2.64 bits per heavy atom. The van der Waals surface area contributed by atoms with Gasteiger partial charge < -0.3 is 33.7 Å². The molecule has 0 spiro atoms. The highest BCUT2D eigenvalue weighted by Crippen LogP contribution is 2.19. The van der Waals surface area contributed by atoms with Crippen LogP contribution in [-0.2, 0) is 19.6 Å². The minimum Gasteiger partial charge on any atom is -1.00 e. The molecule has 0 unspecified atom stereocenters. The third-order valence-electron chi connectivity index (χ3n) is 5.72. The number of hydrogen-bond acceptors (Lipinski definition) is 6. The number of amides is 2. The lowest BCUT2D eigenvalue weighted by atomic mass is 10.1. The number of imidazole rings is 1. The van der Waals surface area contributed by atoms with Crippen molar-refractivity contribution in [2.24, 2.45) is 0 Å². The van der Waals surface area contributed by atoms with Crippen LogP contribution in [0.3, 0.4) is 0 Å². The molecule has 0 atom stereocenters. The minimum atomic E-state index is -0.456. The number of benzene rings is 1. The maximum Gasteiger partial charge on any atom is 0.277 e. The van der Waals surface area contributed by atoms with Gasteiger partial charge in [-0.25, -0.2) is 19.1 Å². The summed E-state index contributed by atoms with van der Waals surface area (Å²) in [7, 11) is 3.72. The number of nitrogens with one attached hydrogen (secondary N) is 2. The van der Waals surface area contributed by atoms with E-state index in [1.54, 1.807) is 4.90 Å². The van der Waals surface area contributed by atoms with Gasteiger partial charge in [-0.1, -0.05) is 11.6 Å². The van der Waals surface area contributed by atoms with E-state index in [2.05, 4.69) is 29.7 Å². The van der Waals surface area contributed by atoms with Crippen molar-refractivity contribution >= 4 is 52.7 Å². The first-order chi connectivity index (χ1) is 16.3. The molecule has 0 saturated heterocycles. The summed E-state index contributed by atoms with van der Waals surface area (Å²) in [6, 6.07) is 5.75. The number of nitrogen functional groups attached to an aromatic ring is 1. The Labute approximate surface area is 228 Å². The zero-order chi connectivity index (χ0) is 24.8. The largest absolute Gasteiger partial charge is 1.00 e. The van der Waals surface area contributed by atoms with E-state index in [1.165, 1.54) is 6.20 Å². The van der Waals surface area contributed by atoms with E-state index < -0.39 is 5.91 Å². The van der Waals surface area contributed by atoms with Gasteiger partial charge in [-0.05, 0) is 46.0 Å². The fourth-order valence-corrected chi connectivity index (χ4v) is 4.16. The molecule has 3 rings (SSSR count). The lowest BCUT2D eigenvalue weighted by Crippen LogP contribution is -3.00. The highest BCUT2D eigenvalue weighted by Gasteiger charge is 2.26. The molecule has 0 aliphatic heterocycles. The molecule has 3 aromatic rings. The Balaban J connectivity index is 0.00000324. The molecule has 0 aliphatic carbocycles. The molecule has 2 aromatic heterocycles. The standard InChI is InChI=1S/C23H31ClN8O2.2ClH/c1-5-31-16-9-8-15(23(34)30(4)11-7-10-26-3)12-17(16)32(6-2)19(31)14-28-22(33)20-21(25)27-13-18(24)29-20;;/h8-9,12-13,26H,5-7,10-11,14H2,1-4H3,(H2-,25,27,28,33);2*1H. The zero-order valence-corrected chi connectivity index (χ0v) is 23.2. The Bertz CT molecular complexity index is 1200. The summed E-state index contributed by atoms with van der Waals surface area (Å²) in [5.41, 5.74) is 8.35. The first kappa shape index (κ1) is 31.4. The van der Waals surface area contributed by atoms with Crippen LogP contribution in [0.15, 0.2) is 24.4 Å². The van der Waals surface area contributed by atoms with E-state index in [9.17, 15) is 9.59 Å². The summed E-state index contributed by atoms with van der Waals surface area (Å²) < 4.78 is 4.22. The van der Waals surface area contributed by atoms with Gasteiger partial charge in [-0.3, -0.25) is 9.59 Å². The second-order valence-corrected chi connectivity index (χ2v) is 8.29. The van der Waals surface area contributed by atoms with E-state index in [-0.39, 0.29) is 53.9 Å². The zero-order valence-electron chi connectivity index (χ0n) is 20.8. The number of carbonyl (C=O) groups is 2. The molecule has 0 fully saturated rings. The Morgan fingerprint density at radius 1 is 1.28 bits per heavy atom. The van der Waals surface area contributed by atoms with Crippen molar-refractivity contribution in [1.82, 2.24) is 30.1 Å². The van der Waals surface area contributed by atoms with Gasteiger partial charge >= 0.3 is 0 Å². The van der Waals surface area contributed by atoms with E-state index in [1.807, 2.05) is 46.1 Å². The molecule has 1 aromatic carbocycles. The molecule has 2 amide bonds. The third-order valence-corrected chi connectivity index (χ3v) is 5.90. The van der Waals surface area contributed by atoms with E-state index in [4.69, 9.17) is 17.3 Å². The minimum absolute atomic E-state index is 0. The number of anilines is 1. The van der Waals surface area contributed by atoms with Crippen LogP contribution in [0.5, 0.6) is 0 Å². The van der Waals surface area contributed by atoms with Crippen LogP contribution < -0.4 is 33.3 Å². The first-order valence-corrected chi connectivity index (χ1v) is 11.7. The van der Waals surface area contributed by atoms with Crippen LogP contribution in [0.1, 0.15) is 46.9 Å². The molecular weight excluding hydrogens is 527 g/mol. The Morgan fingerprint density at radius 2 is 2.00 bits per heavy atom. The fourth-order valence-electron chi connectivity index (χ4n) is 4.02. The summed E-state index contributed by atoms with van der Waals surface area (Å²) in [5, 5.41) is 6.07. The number of hydrogen-bond donors (Lipinski definition) is 3. The first-order valence-electron chi connectivity index (χ1n) is 11.3. The molecule has 0 aliphatic rings. The van der Waals surface area contributed by atoms with Crippen molar-refractivity contribution < 1.29 is 26.6 Å². The van der Waals surface area contributed by atoms with Crippen LogP contribution >= 0.6 is 24.0 Å². The van der Waals surface area contributed by atoms with Crippen LogP contribution in [-0.4, -0.2) is 58.4 Å². The number of nitrogens with zero attached hydrogens (tertiary/aromatic N) is 5. The SMILES string of the molecule is CCn1c(CNC(=O)c2nc(Cl)cnc2N)[n+](CC)c2ccc(C(=O)N(C)CCCNC)cc21.Cl.[Cl-]. The summed E-state index contributed by atoms with van der Waals surface area (Å²) in [6.45, 7) is 7.22. The lowest BCUT2D eigenvalue weighted by Gasteiger charge is -2.16. The summed E-state index contributed by atoms with van der Waals surface area (Å²) in [5.74, 6) is 0.439. The molecule has 2 heterocycles. The smallest absolute Gasteiger partial charge is 0.277 e. The van der Waals surface area contributed by atoms with Crippen molar-refractivity contribution in [2.75, 3.05) is 32.9 Å². The number of rotatable bonds is 10. The lowest BCUT2D eigenvalue weighted by molar-refractivity contribution is -0.676. The molecule has 36 heavy (non-hydrogen) atoms. The van der Waals surface area contributed by atoms with Crippen molar-refractivity contribution in [2.45, 2.75) is 39.9 Å². The molecule has 0 saturated carbocycles. The van der Waals surface area contributed by atoms with Gasteiger partial charge in [0.1, 0.15) is 11.7 Å². The highest BCUT2D eigenvalue weighted by atomic mass is 35.5. The molecule has 198 valence electrons. The summed E-state index contributed by atoms with van der Waals surface area (Å²) in [4.78, 5) is 35.3. The van der Waals surface area contributed by atoms with Crippen LogP contribution in [0, 0.1) is 0 Å². The molecular formula is C23H33Cl3N8O2. The number of carbonyl (C=O) groups excluding carboxylic acids is 2. The van der Waals surface area contributed by atoms with Gasteiger partial charge in [0.05, 0.1) is 19.3 Å². The number of aromatic nitrogens is 4. The quantitative estimate of drug-likeness (QED) is 0.217. The van der Waals surface area contributed by atoms with Gasteiger partial charge in [0.2, 0.25) is 0 Å². The van der Waals surface area contributed by atoms with Gasteiger partial charge in [-0.2, -0.15) is 0 Å². The van der Waals surface area contributed by atoms with Crippen molar-refractivity contribution in [1.29, 1.82) is 0 Å². The topological polar surface area (TPSA) is 122 Å². The maximum absolute atomic E-state index is 13.0. The third kappa shape index (κ3) is 6.76. The predicted octanol–water partition coefficient (Wildman–Crippen LogP) is -0.968. The molecule has 4 N–H and O–H groups in total. The number of nitrogens with two attached hydrogens (primary N) is 1. The van der Waals surface area contributed by atoms with E-state index in [0.29, 0.717) is 25.2 Å². The van der Waals surface area contributed by atoms with Crippen molar-refractivity contribution in [3.63, 3.8) is 0 Å². The van der Waals surface area contributed by atoms with Gasteiger partial charge in [0, 0.05) is 25.2 Å². The van der Waals surface area contributed by atoms with Gasteiger partial charge in [-0.15, -0.1) is 12.4 Å². The number of fused-ring (bicyclic) bond motifs is 1. The molecule has 0 radical (unpaired) electrons. The Kier molecular flexibility index (Phi) is 12.4. The summed E-state index contributed by atoms with van der Waals surface area (Å²) in [6.07, 6.45) is 2.18. The van der Waals surface area contributed by atoms with Crippen molar-refractivity contribution in [3.8, 4) is 0 Å². The highest BCUT2D eigenvalue weighted by molar-refractivity contribution is 6.29. The average Bonchev–Trinajstić information content (AvgIpc) is 3.15. The average molecular weight is 560 g/mol. The second-order valence-electron chi connectivity index (χ2n) is 7.90. The normalized spacial score (nSPS) is 10.5. The monoisotopic (exact) mass is 558 g/mol. The molecule has 10 nitrogen and oxygen atoms in total. The van der Waals surface area contributed by atoms with Crippen molar-refractivity contribution in [3.05, 3.63) is 46.6 Å². The number of aryl methyl sites for hydroxylation is 2. The summed E-state index contributed by atoms with van der Waals surface area (Å²) >= 11 is 5.87. The second kappa shape index (κ2) is 14.2. The van der Waals surface area contributed by atoms with Gasteiger partial charge in [0.25, 0.3) is 17.6 Å². The Hall–Kier alpha value is -2.66. The molecule has 13 heteroatoms. The van der Waals surface area contributed by atoms with Gasteiger partial charge in [0.15, 0.2) is 22.5 Å². The van der Waals surface area contributed by atoms with Crippen LogP contribution in [0.2, 0.25) is 5.15 Å². The fraction of sp³-hybridized carbons (Fsp3) is 0.435. The predicted molar refractivity (Wildman–Crippen MR) is 139 cm³/mol. The van der Waals surface area contributed by atoms with E-state index >= 15 is 0 Å². The van der Waals surface area contributed by atoms with Crippen LogP contribution in [0.4, 0.5) is 5.82 Å². The van der Waals surface area contributed by atoms with E-state index in [0.717, 1.165) is 29.8 Å². The molecule has 0 bridgehead atoms. The number of halogens is 3.